The van der Waals surface area contributed by atoms with Gasteiger partial charge in [0.25, 0.3) is 0 Å². The first kappa shape index (κ1) is 15.8. The topological polar surface area (TPSA) is 71.4 Å². The van der Waals surface area contributed by atoms with Gasteiger partial charge in [-0.1, -0.05) is 12.1 Å². The molecule has 0 amide bonds. The van der Waals surface area contributed by atoms with E-state index in [9.17, 15) is 0 Å². The minimum Gasteiger partial charge on any atom is -0.444 e. The van der Waals surface area contributed by atoms with Gasteiger partial charge in [-0.15, -0.1) is 0 Å². The molecule has 1 atom stereocenters. The molecule has 3 heterocycles. The summed E-state index contributed by atoms with van der Waals surface area (Å²) in [6, 6.07) is 0.511. The Morgan fingerprint density at radius 2 is 2.21 bits per heavy atom. The van der Waals surface area contributed by atoms with E-state index in [0.29, 0.717) is 12.0 Å². The van der Waals surface area contributed by atoms with Gasteiger partial charge in [-0.2, -0.15) is 4.98 Å². The van der Waals surface area contributed by atoms with Gasteiger partial charge < -0.3 is 8.94 Å². The molecule has 0 unspecified atom stereocenters. The molecule has 0 radical (unpaired) electrons. The number of rotatable bonds is 7. The van der Waals surface area contributed by atoms with Crippen molar-refractivity contribution in [3.05, 3.63) is 29.6 Å². The number of aryl methyl sites for hydroxylation is 1. The van der Waals surface area contributed by atoms with Crippen LogP contribution in [0.4, 0.5) is 0 Å². The molecule has 130 valence electrons. The molecule has 1 aliphatic carbocycles. The molecule has 24 heavy (non-hydrogen) atoms. The minimum atomic E-state index is 0.511. The molecule has 1 aliphatic heterocycles. The Morgan fingerprint density at radius 3 is 2.96 bits per heavy atom. The number of aromatic nitrogens is 3. The molecule has 0 N–H and O–H groups in total. The standard InChI is InChI=1S/C17H25N5O2/c1-3-14-8-18-16(23-14)11-21(2)13-6-7-22(9-13)10-15-19-17(24-20-15)12-4-5-12/h8,12-13H,3-7,9-11H2,1-2H3/t13-/m0/s1. The highest BCUT2D eigenvalue weighted by Gasteiger charge is 2.31. The molecule has 2 aliphatic rings. The largest absolute Gasteiger partial charge is 0.444 e. The van der Waals surface area contributed by atoms with Crippen LogP contribution in [-0.2, 0) is 19.5 Å². The van der Waals surface area contributed by atoms with E-state index in [1.54, 1.807) is 0 Å². The molecule has 1 saturated carbocycles. The summed E-state index contributed by atoms with van der Waals surface area (Å²) in [5, 5.41) is 4.12. The lowest BCUT2D eigenvalue weighted by Gasteiger charge is -2.23. The first-order chi connectivity index (χ1) is 11.7. The second-order valence-corrected chi connectivity index (χ2v) is 6.99. The van der Waals surface area contributed by atoms with Crippen molar-refractivity contribution in [3.63, 3.8) is 0 Å². The highest BCUT2D eigenvalue weighted by atomic mass is 16.5. The van der Waals surface area contributed by atoms with E-state index in [1.165, 1.54) is 12.8 Å². The van der Waals surface area contributed by atoms with Crippen LogP contribution >= 0.6 is 0 Å². The van der Waals surface area contributed by atoms with Crippen LogP contribution in [0.2, 0.25) is 0 Å². The lowest BCUT2D eigenvalue weighted by molar-refractivity contribution is 0.202. The zero-order valence-electron chi connectivity index (χ0n) is 14.4. The Bertz CT molecular complexity index is 678. The van der Waals surface area contributed by atoms with Crippen LogP contribution in [0.5, 0.6) is 0 Å². The molecular weight excluding hydrogens is 306 g/mol. The van der Waals surface area contributed by atoms with E-state index in [2.05, 4.69) is 38.9 Å². The molecule has 2 aromatic rings. The normalized spacial score (nSPS) is 21.9. The molecular formula is C17H25N5O2. The fourth-order valence-electron chi connectivity index (χ4n) is 3.27. The average molecular weight is 331 g/mol. The third-order valence-corrected chi connectivity index (χ3v) is 4.98. The van der Waals surface area contributed by atoms with E-state index in [-0.39, 0.29) is 0 Å². The second kappa shape index (κ2) is 6.64. The number of likely N-dealkylation sites (N-methyl/N-ethyl adjacent to an activating group) is 1. The molecule has 1 saturated heterocycles. The molecule has 2 aromatic heterocycles. The smallest absolute Gasteiger partial charge is 0.229 e. The molecule has 2 fully saturated rings. The van der Waals surface area contributed by atoms with Crippen LogP contribution in [0, 0.1) is 0 Å². The number of oxazole rings is 1. The summed E-state index contributed by atoms with van der Waals surface area (Å²) in [4.78, 5) is 13.6. The zero-order valence-corrected chi connectivity index (χ0v) is 14.4. The van der Waals surface area contributed by atoms with Gasteiger partial charge in [0, 0.05) is 31.5 Å². The van der Waals surface area contributed by atoms with Crippen LogP contribution in [0.25, 0.3) is 0 Å². The first-order valence-corrected chi connectivity index (χ1v) is 8.90. The maximum Gasteiger partial charge on any atom is 0.229 e. The third kappa shape index (κ3) is 3.52. The third-order valence-electron chi connectivity index (χ3n) is 4.98. The van der Waals surface area contributed by atoms with Crippen molar-refractivity contribution in [1.29, 1.82) is 0 Å². The maximum atomic E-state index is 5.72. The highest BCUT2D eigenvalue weighted by Crippen LogP contribution is 2.38. The van der Waals surface area contributed by atoms with Crippen molar-refractivity contribution in [3.8, 4) is 0 Å². The van der Waals surface area contributed by atoms with Crippen molar-refractivity contribution < 1.29 is 8.94 Å². The Kier molecular flexibility index (Phi) is 4.37. The van der Waals surface area contributed by atoms with E-state index in [0.717, 1.165) is 62.4 Å². The van der Waals surface area contributed by atoms with Gasteiger partial charge >= 0.3 is 0 Å². The van der Waals surface area contributed by atoms with E-state index >= 15 is 0 Å². The highest BCUT2D eigenvalue weighted by molar-refractivity contribution is 5.02. The number of nitrogens with zero attached hydrogens (tertiary/aromatic N) is 5. The van der Waals surface area contributed by atoms with Crippen LogP contribution in [0.3, 0.4) is 0 Å². The van der Waals surface area contributed by atoms with Crippen molar-refractivity contribution >= 4 is 0 Å². The van der Waals surface area contributed by atoms with E-state index < -0.39 is 0 Å². The molecule has 7 nitrogen and oxygen atoms in total. The fraction of sp³-hybridized carbons (Fsp3) is 0.706. The minimum absolute atomic E-state index is 0.511. The summed E-state index contributed by atoms with van der Waals surface area (Å²) in [6.45, 7) is 5.70. The van der Waals surface area contributed by atoms with E-state index in [1.807, 2.05) is 6.20 Å². The Hall–Kier alpha value is -1.73. The number of hydrogen-bond donors (Lipinski definition) is 0. The predicted molar refractivity (Wildman–Crippen MR) is 87.3 cm³/mol. The molecule has 7 heteroatoms. The summed E-state index contributed by atoms with van der Waals surface area (Å²) in [5.41, 5.74) is 0. The van der Waals surface area contributed by atoms with Gasteiger partial charge in [0.15, 0.2) is 5.82 Å². The van der Waals surface area contributed by atoms with Gasteiger partial charge in [0.05, 0.1) is 19.3 Å². The zero-order chi connectivity index (χ0) is 16.5. The monoisotopic (exact) mass is 331 g/mol. The van der Waals surface area contributed by atoms with Crippen LogP contribution in [-0.4, -0.2) is 51.1 Å². The van der Waals surface area contributed by atoms with Gasteiger partial charge in [0.2, 0.25) is 11.8 Å². The Labute approximate surface area is 142 Å². The lowest BCUT2D eigenvalue weighted by atomic mass is 10.2. The average Bonchev–Trinajstić information content (AvgIpc) is 3.00. The van der Waals surface area contributed by atoms with Crippen LogP contribution in [0.1, 0.15) is 55.5 Å². The summed E-state index contributed by atoms with van der Waals surface area (Å²) in [5.74, 6) is 3.93. The molecule has 0 bridgehead atoms. The lowest BCUT2D eigenvalue weighted by Crippen LogP contribution is -2.34. The Morgan fingerprint density at radius 1 is 1.33 bits per heavy atom. The maximum absolute atomic E-state index is 5.72. The SMILES string of the molecule is CCc1cnc(CN(C)[C@H]2CCN(Cc3noc(C4CC4)n3)C2)o1. The van der Waals surface area contributed by atoms with Crippen molar-refractivity contribution in [2.45, 2.75) is 57.7 Å². The van der Waals surface area contributed by atoms with Crippen LogP contribution < -0.4 is 0 Å². The second-order valence-electron chi connectivity index (χ2n) is 6.99. The number of likely N-dealkylation sites (tertiary alicyclic amines) is 1. The summed E-state index contributed by atoms with van der Waals surface area (Å²) < 4.78 is 11.1. The van der Waals surface area contributed by atoms with Gasteiger partial charge in [-0.05, 0) is 26.3 Å². The summed E-state index contributed by atoms with van der Waals surface area (Å²) in [7, 11) is 2.14. The fourth-order valence-corrected chi connectivity index (χ4v) is 3.27. The van der Waals surface area contributed by atoms with E-state index in [4.69, 9.17) is 8.94 Å². The Balaban J connectivity index is 1.28. The van der Waals surface area contributed by atoms with Gasteiger partial charge in [-0.3, -0.25) is 9.80 Å². The quantitative estimate of drug-likeness (QED) is 0.770. The summed E-state index contributed by atoms with van der Waals surface area (Å²) >= 11 is 0. The molecule has 0 spiro atoms. The first-order valence-electron chi connectivity index (χ1n) is 8.90. The van der Waals surface area contributed by atoms with Crippen molar-refractivity contribution in [1.82, 2.24) is 24.9 Å². The summed E-state index contributed by atoms with van der Waals surface area (Å²) in [6.07, 6.45) is 6.25. The number of hydrogen-bond acceptors (Lipinski definition) is 7. The molecule has 4 rings (SSSR count). The molecule has 0 aromatic carbocycles. The van der Waals surface area contributed by atoms with Gasteiger partial charge in [-0.25, -0.2) is 4.98 Å². The van der Waals surface area contributed by atoms with Crippen molar-refractivity contribution in [2.75, 3.05) is 20.1 Å². The predicted octanol–water partition coefficient (Wildman–Crippen LogP) is 2.20. The van der Waals surface area contributed by atoms with Gasteiger partial charge in [0.1, 0.15) is 5.76 Å². The van der Waals surface area contributed by atoms with Crippen molar-refractivity contribution in [2.24, 2.45) is 0 Å². The van der Waals surface area contributed by atoms with Crippen LogP contribution in [0.15, 0.2) is 15.1 Å².